The number of sulfone groups is 1. The van der Waals surface area contributed by atoms with Gasteiger partial charge in [-0.05, 0) is 25.7 Å². The molecular weight excluding hydrogens is 240 g/mol. The van der Waals surface area contributed by atoms with E-state index in [4.69, 9.17) is 5.73 Å². The van der Waals surface area contributed by atoms with Crippen LogP contribution in [0.15, 0.2) is 0 Å². The van der Waals surface area contributed by atoms with E-state index in [1.165, 1.54) is 0 Å². The molecule has 1 rings (SSSR count). The van der Waals surface area contributed by atoms with Gasteiger partial charge in [-0.2, -0.15) is 0 Å². The fourth-order valence-corrected chi connectivity index (χ4v) is 3.67. The summed E-state index contributed by atoms with van der Waals surface area (Å²) in [4.78, 5) is 12.0. The lowest BCUT2D eigenvalue weighted by molar-refractivity contribution is -0.127. The summed E-state index contributed by atoms with van der Waals surface area (Å²) in [6.07, 6.45) is 2.43. The molecule has 0 bridgehead atoms. The molecule has 1 unspecified atom stereocenters. The van der Waals surface area contributed by atoms with Gasteiger partial charge in [0.2, 0.25) is 5.91 Å². The van der Waals surface area contributed by atoms with E-state index in [0.29, 0.717) is 25.7 Å². The minimum absolute atomic E-state index is 0.0439. The van der Waals surface area contributed by atoms with Crippen LogP contribution < -0.4 is 11.1 Å². The molecule has 0 aromatic heterocycles. The molecule has 100 valence electrons. The van der Waals surface area contributed by atoms with Crippen LogP contribution >= 0.6 is 0 Å². The van der Waals surface area contributed by atoms with Crippen molar-refractivity contribution < 1.29 is 13.2 Å². The van der Waals surface area contributed by atoms with Crippen LogP contribution in [0.2, 0.25) is 0 Å². The Morgan fingerprint density at radius 3 is 2.47 bits per heavy atom. The molecule has 3 N–H and O–H groups in total. The van der Waals surface area contributed by atoms with Crippen molar-refractivity contribution >= 4 is 15.7 Å². The molecule has 0 aliphatic carbocycles. The van der Waals surface area contributed by atoms with E-state index in [-0.39, 0.29) is 23.5 Å². The van der Waals surface area contributed by atoms with E-state index in [2.05, 4.69) is 5.32 Å². The van der Waals surface area contributed by atoms with Crippen molar-refractivity contribution in [2.75, 3.05) is 11.5 Å². The molecule has 17 heavy (non-hydrogen) atoms. The van der Waals surface area contributed by atoms with Crippen LogP contribution in [-0.2, 0) is 14.6 Å². The first-order chi connectivity index (χ1) is 7.83. The van der Waals surface area contributed by atoms with Crippen molar-refractivity contribution in [2.24, 2.45) is 5.73 Å². The van der Waals surface area contributed by atoms with Crippen molar-refractivity contribution in [2.45, 2.75) is 51.1 Å². The molecule has 1 saturated heterocycles. The number of rotatable bonds is 4. The molecule has 0 saturated carbocycles. The lowest BCUT2D eigenvalue weighted by Gasteiger charge is -2.30. The van der Waals surface area contributed by atoms with Gasteiger partial charge < -0.3 is 11.1 Å². The van der Waals surface area contributed by atoms with E-state index >= 15 is 0 Å². The highest BCUT2D eigenvalue weighted by molar-refractivity contribution is 7.91. The van der Waals surface area contributed by atoms with Gasteiger partial charge in [-0.1, -0.05) is 13.8 Å². The maximum atomic E-state index is 12.0. The summed E-state index contributed by atoms with van der Waals surface area (Å²) in [6.45, 7) is 3.72. The number of nitrogens with two attached hydrogens (primary N) is 1. The first-order valence-corrected chi connectivity index (χ1v) is 7.95. The number of carbonyl (C=O) groups is 1. The maximum Gasteiger partial charge on any atom is 0.240 e. The maximum absolute atomic E-state index is 12.0. The highest BCUT2D eigenvalue weighted by Gasteiger charge is 2.33. The first kappa shape index (κ1) is 14.4. The van der Waals surface area contributed by atoms with Gasteiger partial charge in [0.25, 0.3) is 0 Å². The predicted molar refractivity (Wildman–Crippen MR) is 67.3 cm³/mol. The Morgan fingerprint density at radius 2 is 2.00 bits per heavy atom. The summed E-state index contributed by atoms with van der Waals surface area (Å²) in [5.74, 6) is 0.0429. The molecule has 0 aromatic rings. The van der Waals surface area contributed by atoms with E-state index in [9.17, 15) is 13.2 Å². The minimum Gasteiger partial charge on any atom is -0.351 e. The normalized spacial score (nSPS) is 24.3. The van der Waals surface area contributed by atoms with Crippen molar-refractivity contribution in [3.8, 4) is 0 Å². The molecule has 1 fully saturated rings. The van der Waals surface area contributed by atoms with E-state index in [0.717, 1.165) is 0 Å². The van der Waals surface area contributed by atoms with Crippen LogP contribution in [0, 0.1) is 0 Å². The summed E-state index contributed by atoms with van der Waals surface area (Å²) in [5.41, 5.74) is 5.09. The van der Waals surface area contributed by atoms with Crippen LogP contribution in [0.25, 0.3) is 0 Å². The Kier molecular flexibility index (Phi) is 4.55. The number of hydrogen-bond donors (Lipinski definition) is 2. The van der Waals surface area contributed by atoms with Crippen LogP contribution in [0.5, 0.6) is 0 Å². The molecule has 1 aliphatic heterocycles. The number of carbonyl (C=O) groups excluding carboxylic acids is 1. The predicted octanol–water partition coefficient (Wildman–Crippen LogP) is 0.197. The van der Waals surface area contributed by atoms with Crippen molar-refractivity contribution in [1.29, 1.82) is 0 Å². The lowest BCUT2D eigenvalue weighted by Crippen LogP contribution is -2.57. The lowest BCUT2D eigenvalue weighted by atomic mass is 9.92. The van der Waals surface area contributed by atoms with Crippen LogP contribution in [0.4, 0.5) is 0 Å². The molecule has 1 atom stereocenters. The second-order valence-electron chi connectivity index (χ2n) is 4.79. The summed E-state index contributed by atoms with van der Waals surface area (Å²) < 4.78 is 22.9. The zero-order chi connectivity index (χ0) is 13.1. The number of hydrogen-bond acceptors (Lipinski definition) is 4. The Bertz CT molecular complexity index is 374. The minimum atomic E-state index is -2.99. The Labute approximate surface area is 103 Å². The van der Waals surface area contributed by atoms with Gasteiger partial charge >= 0.3 is 0 Å². The fourth-order valence-electron chi connectivity index (χ4n) is 2.04. The zero-order valence-corrected chi connectivity index (χ0v) is 11.3. The molecule has 0 radical (unpaired) electrons. The molecule has 1 amide bonds. The summed E-state index contributed by atoms with van der Waals surface area (Å²) in [7, 11) is -2.99. The van der Waals surface area contributed by atoms with Gasteiger partial charge in [-0.3, -0.25) is 4.79 Å². The Hall–Kier alpha value is -0.620. The van der Waals surface area contributed by atoms with E-state index in [1.807, 2.05) is 13.8 Å². The second kappa shape index (κ2) is 5.35. The summed E-state index contributed by atoms with van der Waals surface area (Å²) >= 11 is 0. The topological polar surface area (TPSA) is 89.3 Å². The molecule has 1 aliphatic rings. The summed E-state index contributed by atoms with van der Waals surface area (Å²) in [5, 5.41) is 2.77. The average Bonchev–Trinajstić information content (AvgIpc) is 2.26. The highest BCUT2D eigenvalue weighted by atomic mass is 32.2. The third-order valence-corrected chi connectivity index (χ3v) is 5.33. The highest BCUT2D eigenvalue weighted by Crippen LogP contribution is 2.15. The van der Waals surface area contributed by atoms with Gasteiger partial charge in [0, 0.05) is 6.04 Å². The number of amides is 1. The van der Waals surface area contributed by atoms with Crippen molar-refractivity contribution in [3.05, 3.63) is 0 Å². The Morgan fingerprint density at radius 1 is 1.41 bits per heavy atom. The standard InChI is InChI=1S/C11H22N2O3S/c1-3-11(12,4-2)10(14)13-9-6-5-7-17(15,16)8-9/h9H,3-8,12H2,1-2H3,(H,13,14). The van der Waals surface area contributed by atoms with Crippen LogP contribution in [-0.4, -0.2) is 37.4 Å². The average molecular weight is 262 g/mol. The zero-order valence-electron chi connectivity index (χ0n) is 10.5. The SMILES string of the molecule is CCC(N)(CC)C(=O)NC1CCCS(=O)(=O)C1. The van der Waals surface area contributed by atoms with Crippen LogP contribution in [0.3, 0.4) is 0 Å². The first-order valence-electron chi connectivity index (χ1n) is 6.13. The van der Waals surface area contributed by atoms with E-state index < -0.39 is 15.4 Å². The largest absolute Gasteiger partial charge is 0.351 e. The van der Waals surface area contributed by atoms with Crippen molar-refractivity contribution in [1.82, 2.24) is 5.32 Å². The molecule has 0 aromatic carbocycles. The molecule has 0 spiro atoms. The smallest absolute Gasteiger partial charge is 0.240 e. The van der Waals surface area contributed by atoms with Gasteiger partial charge in [0.1, 0.15) is 0 Å². The van der Waals surface area contributed by atoms with Gasteiger partial charge in [0.15, 0.2) is 9.84 Å². The monoisotopic (exact) mass is 262 g/mol. The number of nitrogens with one attached hydrogen (secondary N) is 1. The van der Waals surface area contributed by atoms with Gasteiger partial charge in [-0.25, -0.2) is 8.42 Å². The van der Waals surface area contributed by atoms with Gasteiger partial charge in [0.05, 0.1) is 17.0 Å². The fraction of sp³-hybridized carbons (Fsp3) is 0.909. The Balaban J connectivity index is 2.63. The molecule has 6 heteroatoms. The summed E-state index contributed by atoms with van der Waals surface area (Å²) in [6, 6.07) is -0.276. The van der Waals surface area contributed by atoms with E-state index in [1.54, 1.807) is 0 Å². The third-order valence-electron chi connectivity index (χ3n) is 3.51. The second-order valence-corrected chi connectivity index (χ2v) is 7.02. The molecule has 1 heterocycles. The van der Waals surface area contributed by atoms with Gasteiger partial charge in [-0.15, -0.1) is 0 Å². The third kappa shape index (κ3) is 3.67. The van der Waals surface area contributed by atoms with Crippen molar-refractivity contribution in [3.63, 3.8) is 0 Å². The molecule has 5 nitrogen and oxygen atoms in total. The quantitative estimate of drug-likeness (QED) is 0.757. The van der Waals surface area contributed by atoms with Crippen LogP contribution in [0.1, 0.15) is 39.5 Å². The molecular formula is C11H22N2O3S.